The summed E-state index contributed by atoms with van der Waals surface area (Å²) in [5.41, 5.74) is 1.23. The van der Waals surface area contributed by atoms with Gasteiger partial charge in [0.2, 0.25) is 0 Å². The molecule has 3 heterocycles. The fraction of sp³-hybridized carbons (Fsp3) is 0.647. The number of aromatic nitrogens is 3. The summed E-state index contributed by atoms with van der Waals surface area (Å²) in [6.45, 7) is 11.0. The van der Waals surface area contributed by atoms with Crippen LogP contribution in [-0.4, -0.2) is 32.5 Å². The first-order chi connectivity index (χ1) is 10.6. The highest BCUT2D eigenvalue weighted by Crippen LogP contribution is 2.23. The number of thiazole rings is 1. The number of aryl methyl sites for hydroxylation is 1. The lowest BCUT2D eigenvalue weighted by Crippen LogP contribution is -2.34. The molecule has 4 nitrogen and oxygen atoms in total. The van der Waals surface area contributed by atoms with Gasteiger partial charge in [0.25, 0.3) is 0 Å². The highest BCUT2D eigenvalue weighted by atomic mass is 32.1. The van der Waals surface area contributed by atoms with E-state index in [9.17, 15) is 0 Å². The Hall–Kier alpha value is -1.20. The molecule has 2 aromatic rings. The quantitative estimate of drug-likeness (QED) is 0.843. The van der Waals surface area contributed by atoms with Crippen LogP contribution in [0.3, 0.4) is 0 Å². The van der Waals surface area contributed by atoms with Crippen molar-refractivity contribution >= 4 is 11.3 Å². The lowest BCUT2D eigenvalue weighted by atomic mass is 9.96. The van der Waals surface area contributed by atoms with E-state index in [1.54, 1.807) is 11.3 Å². The van der Waals surface area contributed by atoms with Crippen molar-refractivity contribution in [1.82, 2.24) is 19.4 Å². The molecule has 0 unspecified atom stereocenters. The van der Waals surface area contributed by atoms with Crippen LogP contribution >= 0.6 is 11.3 Å². The third kappa shape index (κ3) is 3.76. The number of rotatable bonds is 5. The molecule has 5 heteroatoms. The topological polar surface area (TPSA) is 34.0 Å². The second kappa shape index (κ2) is 6.92. The van der Waals surface area contributed by atoms with E-state index in [2.05, 4.69) is 51.8 Å². The van der Waals surface area contributed by atoms with Crippen LogP contribution in [0.2, 0.25) is 0 Å². The molecule has 1 saturated heterocycles. The molecule has 0 radical (unpaired) electrons. The van der Waals surface area contributed by atoms with Gasteiger partial charge in [-0.3, -0.25) is 4.90 Å². The molecule has 0 atom stereocenters. The van der Waals surface area contributed by atoms with Gasteiger partial charge in [0.05, 0.1) is 10.7 Å². The van der Waals surface area contributed by atoms with Crippen LogP contribution in [0.1, 0.15) is 49.1 Å². The minimum atomic E-state index is 0.503. The maximum atomic E-state index is 4.58. The Labute approximate surface area is 137 Å². The van der Waals surface area contributed by atoms with Crippen molar-refractivity contribution in [2.75, 3.05) is 13.1 Å². The maximum Gasteiger partial charge on any atom is 0.111 e. The van der Waals surface area contributed by atoms with Crippen LogP contribution in [0, 0.1) is 12.8 Å². The van der Waals surface area contributed by atoms with Crippen molar-refractivity contribution in [1.29, 1.82) is 0 Å². The van der Waals surface area contributed by atoms with E-state index in [4.69, 9.17) is 0 Å². The first-order valence-corrected chi connectivity index (χ1v) is 9.14. The number of hydrogen-bond acceptors (Lipinski definition) is 4. The minimum Gasteiger partial charge on any atom is -0.334 e. The van der Waals surface area contributed by atoms with Gasteiger partial charge in [-0.2, -0.15) is 0 Å². The average molecular weight is 318 g/mol. The second-order valence-electron chi connectivity index (χ2n) is 6.67. The van der Waals surface area contributed by atoms with Crippen LogP contribution in [0.5, 0.6) is 0 Å². The number of imidazole rings is 1. The number of nitrogens with zero attached hydrogens (tertiary/aromatic N) is 4. The van der Waals surface area contributed by atoms with Gasteiger partial charge in [0, 0.05) is 36.8 Å². The summed E-state index contributed by atoms with van der Waals surface area (Å²) in [5, 5.41) is 3.37. The maximum absolute atomic E-state index is 4.58. The van der Waals surface area contributed by atoms with Crippen LogP contribution in [-0.2, 0) is 13.1 Å². The molecule has 0 aromatic carbocycles. The monoisotopic (exact) mass is 318 g/mol. The van der Waals surface area contributed by atoms with Crippen molar-refractivity contribution in [3.63, 3.8) is 0 Å². The lowest BCUT2D eigenvalue weighted by Gasteiger charge is -2.32. The van der Waals surface area contributed by atoms with Gasteiger partial charge in [-0.25, -0.2) is 9.97 Å². The Morgan fingerprint density at radius 2 is 2.09 bits per heavy atom. The van der Waals surface area contributed by atoms with Gasteiger partial charge in [0.15, 0.2) is 0 Å². The first kappa shape index (κ1) is 15.7. The largest absolute Gasteiger partial charge is 0.334 e. The smallest absolute Gasteiger partial charge is 0.111 e. The fourth-order valence-corrected chi connectivity index (χ4v) is 3.89. The minimum absolute atomic E-state index is 0.503. The molecule has 0 N–H and O–H groups in total. The third-order valence-electron chi connectivity index (χ3n) is 4.48. The zero-order chi connectivity index (χ0) is 15.5. The summed E-state index contributed by atoms with van der Waals surface area (Å²) < 4.78 is 2.36. The lowest BCUT2D eigenvalue weighted by molar-refractivity contribution is 0.165. The number of piperidine rings is 1. The molecule has 22 heavy (non-hydrogen) atoms. The van der Waals surface area contributed by atoms with Crippen molar-refractivity contribution in [2.24, 2.45) is 5.92 Å². The molecule has 1 aliphatic heterocycles. The van der Waals surface area contributed by atoms with Gasteiger partial charge >= 0.3 is 0 Å². The molecule has 0 saturated carbocycles. The van der Waals surface area contributed by atoms with Crippen molar-refractivity contribution in [2.45, 2.75) is 52.6 Å². The molecule has 3 rings (SSSR count). The van der Waals surface area contributed by atoms with Crippen LogP contribution in [0.15, 0.2) is 17.8 Å². The molecule has 2 aromatic heterocycles. The predicted molar refractivity (Wildman–Crippen MR) is 91.2 cm³/mol. The summed E-state index contributed by atoms with van der Waals surface area (Å²) in [7, 11) is 0. The Morgan fingerprint density at radius 3 is 2.73 bits per heavy atom. The molecular weight excluding hydrogens is 292 g/mol. The molecule has 0 spiro atoms. The zero-order valence-electron chi connectivity index (χ0n) is 13.8. The summed E-state index contributed by atoms with van der Waals surface area (Å²) in [6, 6.07) is 0. The van der Waals surface area contributed by atoms with E-state index >= 15 is 0 Å². The van der Waals surface area contributed by atoms with Crippen molar-refractivity contribution in [3.8, 4) is 0 Å². The molecule has 0 aliphatic carbocycles. The van der Waals surface area contributed by atoms with E-state index in [1.807, 2.05) is 6.20 Å². The third-order valence-corrected chi connectivity index (χ3v) is 5.30. The van der Waals surface area contributed by atoms with E-state index in [-0.39, 0.29) is 0 Å². The summed E-state index contributed by atoms with van der Waals surface area (Å²) >= 11 is 1.75. The van der Waals surface area contributed by atoms with Gasteiger partial charge in [-0.15, -0.1) is 11.3 Å². The van der Waals surface area contributed by atoms with Gasteiger partial charge in [-0.05, 0) is 38.8 Å². The Morgan fingerprint density at radius 1 is 1.32 bits per heavy atom. The second-order valence-corrected chi connectivity index (χ2v) is 7.73. The van der Waals surface area contributed by atoms with E-state index < -0.39 is 0 Å². The molecule has 0 amide bonds. The summed E-state index contributed by atoms with van der Waals surface area (Å²) in [4.78, 5) is 11.6. The Balaban J connectivity index is 1.50. The zero-order valence-corrected chi connectivity index (χ0v) is 14.6. The Kier molecular flexibility index (Phi) is 4.93. The normalized spacial score (nSPS) is 17.5. The van der Waals surface area contributed by atoms with E-state index in [0.29, 0.717) is 5.92 Å². The molecular formula is C17H26N4S. The van der Waals surface area contributed by atoms with E-state index in [1.165, 1.54) is 42.5 Å². The molecule has 1 aliphatic rings. The first-order valence-electron chi connectivity index (χ1n) is 8.26. The molecule has 120 valence electrons. The van der Waals surface area contributed by atoms with Crippen molar-refractivity contribution < 1.29 is 0 Å². The van der Waals surface area contributed by atoms with Crippen LogP contribution in [0.4, 0.5) is 0 Å². The van der Waals surface area contributed by atoms with Crippen molar-refractivity contribution in [3.05, 3.63) is 34.3 Å². The standard InChI is InChI=1S/C17H26N4S/c1-13(2)17-18-6-9-21(17)10-15-4-7-20(8-5-15)11-16-12-22-14(3)19-16/h6,9,12-13,15H,4-5,7-8,10-11H2,1-3H3. The number of hydrogen-bond donors (Lipinski definition) is 0. The summed E-state index contributed by atoms with van der Waals surface area (Å²) in [5.74, 6) is 2.50. The van der Waals surface area contributed by atoms with Gasteiger partial charge < -0.3 is 4.57 Å². The van der Waals surface area contributed by atoms with Crippen LogP contribution in [0.25, 0.3) is 0 Å². The molecule has 0 bridgehead atoms. The van der Waals surface area contributed by atoms with Gasteiger partial charge in [-0.1, -0.05) is 13.8 Å². The predicted octanol–water partition coefficient (Wildman–Crippen LogP) is 3.68. The van der Waals surface area contributed by atoms with Gasteiger partial charge in [0.1, 0.15) is 5.82 Å². The SMILES string of the molecule is Cc1nc(CN2CCC(Cn3ccnc3C(C)C)CC2)cs1. The summed E-state index contributed by atoms with van der Waals surface area (Å²) in [6.07, 6.45) is 6.63. The van der Waals surface area contributed by atoms with E-state index in [0.717, 1.165) is 19.0 Å². The fourth-order valence-electron chi connectivity index (χ4n) is 3.29. The number of likely N-dealkylation sites (tertiary alicyclic amines) is 1. The average Bonchev–Trinajstić information content (AvgIpc) is 3.10. The Bertz CT molecular complexity index is 593. The highest BCUT2D eigenvalue weighted by molar-refractivity contribution is 7.09. The van der Waals surface area contributed by atoms with Crippen LogP contribution < -0.4 is 0 Å². The highest BCUT2D eigenvalue weighted by Gasteiger charge is 2.21. The molecule has 1 fully saturated rings.